The highest BCUT2D eigenvalue weighted by molar-refractivity contribution is 7.91. The van der Waals surface area contributed by atoms with Gasteiger partial charge in [-0.15, -0.1) is 0 Å². The van der Waals surface area contributed by atoms with Crippen LogP contribution in [-0.4, -0.2) is 43.8 Å². The van der Waals surface area contributed by atoms with Crippen LogP contribution in [0.25, 0.3) is 0 Å². The summed E-state index contributed by atoms with van der Waals surface area (Å²) in [6, 6.07) is 5.99. The summed E-state index contributed by atoms with van der Waals surface area (Å²) in [5.74, 6) is -1.47. The van der Waals surface area contributed by atoms with Gasteiger partial charge < -0.3 is 9.64 Å². The van der Waals surface area contributed by atoms with Gasteiger partial charge in [0.1, 0.15) is 17.7 Å². The highest BCUT2D eigenvalue weighted by Gasteiger charge is 2.38. The fourth-order valence-electron chi connectivity index (χ4n) is 4.15. The Bertz CT molecular complexity index is 1160. The Morgan fingerprint density at radius 1 is 1.12 bits per heavy atom. The second-order valence-electron chi connectivity index (χ2n) is 8.99. The van der Waals surface area contributed by atoms with Crippen molar-refractivity contribution in [1.82, 2.24) is 9.71 Å². The molecule has 0 bridgehead atoms. The first-order valence-corrected chi connectivity index (χ1v) is 12.8. The van der Waals surface area contributed by atoms with Gasteiger partial charge in [0, 0.05) is 6.54 Å². The molecular formula is C23H25F2N3O4S. The summed E-state index contributed by atoms with van der Waals surface area (Å²) in [6.07, 6.45) is 5.12. The van der Waals surface area contributed by atoms with E-state index >= 15 is 4.39 Å². The number of ether oxygens (including phenoxy) is 1. The number of amides is 1. The maximum absolute atomic E-state index is 15.3. The lowest BCUT2D eigenvalue weighted by Gasteiger charge is -2.33. The van der Waals surface area contributed by atoms with Gasteiger partial charge >= 0.3 is 0 Å². The number of sulfonamides is 1. The van der Waals surface area contributed by atoms with Crippen molar-refractivity contribution in [2.75, 3.05) is 18.0 Å². The predicted octanol–water partition coefficient (Wildman–Crippen LogP) is 3.51. The monoisotopic (exact) mass is 477 g/mol. The maximum Gasteiger partial charge on any atom is 0.267 e. The number of rotatable bonds is 7. The average Bonchev–Trinajstić information content (AvgIpc) is 3.68. The lowest BCUT2D eigenvalue weighted by Crippen LogP contribution is -2.41. The van der Waals surface area contributed by atoms with Gasteiger partial charge in [-0.25, -0.2) is 26.9 Å². The largest absolute Gasteiger partial charge is 0.485 e. The van der Waals surface area contributed by atoms with Crippen molar-refractivity contribution in [3.63, 3.8) is 0 Å². The molecule has 3 fully saturated rings. The molecule has 0 radical (unpaired) electrons. The number of pyridine rings is 1. The van der Waals surface area contributed by atoms with Crippen LogP contribution in [0, 0.1) is 11.6 Å². The minimum Gasteiger partial charge on any atom is -0.485 e. The summed E-state index contributed by atoms with van der Waals surface area (Å²) in [4.78, 5) is 18.7. The molecule has 0 unspecified atom stereocenters. The zero-order valence-corrected chi connectivity index (χ0v) is 18.8. The molecule has 2 aromatic rings. The fraction of sp³-hybridized carbons (Fsp3) is 0.478. The average molecular weight is 478 g/mol. The predicted molar refractivity (Wildman–Crippen MR) is 118 cm³/mol. The number of nitrogens with one attached hydrogen (secondary N) is 1. The van der Waals surface area contributed by atoms with E-state index in [9.17, 15) is 17.6 Å². The molecule has 2 saturated carbocycles. The minimum absolute atomic E-state index is 0.0488. The number of piperidine rings is 1. The van der Waals surface area contributed by atoms with E-state index in [1.807, 2.05) is 9.62 Å². The Morgan fingerprint density at radius 2 is 1.91 bits per heavy atom. The zero-order chi connectivity index (χ0) is 23.2. The number of hydrogen-bond acceptors (Lipinski definition) is 6. The summed E-state index contributed by atoms with van der Waals surface area (Å²) in [5, 5.41) is -0.583. The number of benzene rings is 1. The summed E-state index contributed by atoms with van der Waals surface area (Å²) in [5.41, 5.74) is 0.458. The Hall–Kier alpha value is -2.75. The molecule has 1 aromatic heterocycles. The van der Waals surface area contributed by atoms with Crippen LogP contribution in [0.3, 0.4) is 0 Å². The van der Waals surface area contributed by atoms with E-state index in [1.54, 1.807) is 12.1 Å². The maximum atomic E-state index is 15.3. The third-order valence-corrected chi connectivity index (χ3v) is 8.08. The minimum atomic E-state index is -3.80. The molecule has 1 amide bonds. The molecule has 0 spiro atoms. The van der Waals surface area contributed by atoms with Crippen molar-refractivity contribution >= 4 is 21.7 Å². The van der Waals surface area contributed by atoms with E-state index < -0.39 is 32.8 Å². The van der Waals surface area contributed by atoms with Gasteiger partial charge in [0.15, 0.2) is 11.6 Å². The molecule has 1 atom stereocenters. The highest BCUT2D eigenvalue weighted by Crippen LogP contribution is 2.42. The number of aromatic nitrogens is 1. The van der Waals surface area contributed by atoms with Crippen LogP contribution in [0.4, 0.5) is 14.6 Å². The highest BCUT2D eigenvalue weighted by atomic mass is 32.2. The van der Waals surface area contributed by atoms with Crippen LogP contribution in [-0.2, 0) is 10.0 Å². The first kappa shape index (κ1) is 22.1. The number of hydrogen-bond donors (Lipinski definition) is 1. The molecule has 10 heteroatoms. The van der Waals surface area contributed by atoms with Crippen molar-refractivity contribution in [1.29, 1.82) is 0 Å². The molecule has 7 nitrogen and oxygen atoms in total. The van der Waals surface area contributed by atoms with Crippen molar-refractivity contribution in [3.05, 3.63) is 53.2 Å². The molecule has 33 heavy (non-hydrogen) atoms. The van der Waals surface area contributed by atoms with Crippen molar-refractivity contribution in [3.8, 4) is 5.75 Å². The van der Waals surface area contributed by atoms with Crippen molar-refractivity contribution < 1.29 is 26.7 Å². The Morgan fingerprint density at radius 3 is 2.58 bits per heavy atom. The van der Waals surface area contributed by atoms with Crippen LogP contribution >= 0.6 is 0 Å². The van der Waals surface area contributed by atoms with E-state index in [-0.39, 0.29) is 23.3 Å². The number of carbonyl (C=O) groups excluding carboxylic acids is 1. The molecule has 2 aliphatic carbocycles. The van der Waals surface area contributed by atoms with Gasteiger partial charge in [-0.1, -0.05) is 0 Å². The van der Waals surface area contributed by atoms with Crippen LogP contribution in [0.2, 0.25) is 0 Å². The standard InChI is InChI=1S/C23H25F2N3O4S/c24-16-5-8-21(26-12-16)28-9-1-2-17(13-28)32-20-11-15(14-3-4-14)10-19(22(20)25)23(29)27-33(30,31)18-6-7-18/h5,8,10-12,14,17-18H,1-4,6-7,9,13H2,(H,27,29)/t17-/m1/s1. The van der Waals surface area contributed by atoms with Gasteiger partial charge in [-0.05, 0) is 74.3 Å². The van der Waals surface area contributed by atoms with Crippen LogP contribution < -0.4 is 14.4 Å². The Balaban J connectivity index is 1.37. The molecule has 5 rings (SSSR count). The zero-order valence-electron chi connectivity index (χ0n) is 18.0. The lowest BCUT2D eigenvalue weighted by atomic mass is 10.0. The van der Waals surface area contributed by atoms with E-state index in [1.165, 1.54) is 12.1 Å². The second kappa shape index (κ2) is 8.55. The number of carbonyl (C=O) groups is 1. The van der Waals surface area contributed by atoms with Gasteiger partial charge in [0.05, 0.1) is 23.6 Å². The summed E-state index contributed by atoms with van der Waals surface area (Å²) in [6.45, 7) is 1.15. The second-order valence-corrected chi connectivity index (χ2v) is 11.0. The number of nitrogens with zero attached hydrogens (tertiary/aromatic N) is 2. The summed E-state index contributed by atoms with van der Waals surface area (Å²) < 4.78 is 61.0. The normalized spacial score (nSPS) is 21.0. The van der Waals surface area contributed by atoms with Gasteiger partial charge in [0.2, 0.25) is 10.0 Å². The van der Waals surface area contributed by atoms with E-state index in [0.717, 1.165) is 37.6 Å². The number of anilines is 1. The third-order valence-electron chi connectivity index (χ3n) is 6.26. The van der Waals surface area contributed by atoms with Crippen LogP contribution in [0.1, 0.15) is 60.4 Å². The molecule has 1 aromatic carbocycles. The summed E-state index contributed by atoms with van der Waals surface area (Å²) in [7, 11) is -3.80. The first-order chi connectivity index (χ1) is 15.8. The van der Waals surface area contributed by atoms with E-state index in [2.05, 4.69) is 4.98 Å². The van der Waals surface area contributed by atoms with Crippen LogP contribution in [0.5, 0.6) is 5.75 Å². The topological polar surface area (TPSA) is 88.6 Å². The SMILES string of the molecule is O=C(NS(=O)(=O)C1CC1)c1cc(C2CC2)cc(O[C@@H]2CCCN(c3ccc(F)cn3)C2)c1F. The Labute approximate surface area is 191 Å². The molecule has 2 heterocycles. The molecule has 1 saturated heterocycles. The molecule has 1 aliphatic heterocycles. The molecular weight excluding hydrogens is 452 g/mol. The number of halogens is 2. The Kier molecular flexibility index (Phi) is 5.72. The third kappa shape index (κ3) is 4.95. The summed E-state index contributed by atoms with van der Waals surface area (Å²) >= 11 is 0. The smallest absolute Gasteiger partial charge is 0.267 e. The first-order valence-electron chi connectivity index (χ1n) is 11.2. The molecule has 176 valence electrons. The van der Waals surface area contributed by atoms with E-state index in [0.29, 0.717) is 31.6 Å². The van der Waals surface area contributed by atoms with Crippen LogP contribution in [0.15, 0.2) is 30.5 Å². The van der Waals surface area contributed by atoms with Gasteiger partial charge in [0.25, 0.3) is 5.91 Å². The van der Waals surface area contributed by atoms with Crippen molar-refractivity contribution in [2.45, 2.75) is 55.8 Å². The molecule has 1 N–H and O–H groups in total. The van der Waals surface area contributed by atoms with Crippen molar-refractivity contribution in [2.24, 2.45) is 0 Å². The van der Waals surface area contributed by atoms with Gasteiger partial charge in [-0.3, -0.25) is 4.79 Å². The fourth-order valence-corrected chi connectivity index (χ4v) is 5.44. The molecule has 3 aliphatic rings. The van der Waals surface area contributed by atoms with E-state index in [4.69, 9.17) is 4.74 Å². The lowest BCUT2D eigenvalue weighted by molar-refractivity contribution is 0.0974. The quantitative estimate of drug-likeness (QED) is 0.657. The van der Waals surface area contributed by atoms with Gasteiger partial charge in [-0.2, -0.15) is 0 Å².